The Morgan fingerprint density at radius 3 is 2.50 bits per heavy atom. The van der Waals surface area contributed by atoms with E-state index in [2.05, 4.69) is 5.32 Å². The highest BCUT2D eigenvalue weighted by atomic mass is 32.2. The average Bonchev–Trinajstić information content (AvgIpc) is 2.55. The topological polar surface area (TPSA) is 86.7 Å². The largest absolute Gasteiger partial charge is 0.388 e. The molecule has 1 aliphatic heterocycles. The summed E-state index contributed by atoms with van der Waals surface area (Å²) in [6, 6.07) is 13.0. The van der Waals surface area contributed by atoms with Crippen molar-refractivity contribution in [3.05, 3.63) is 54.1 Å². The van der Waals surface area contributed by atoms with E-state index >= 15 is 0 Å². The number of aliphatic hydroxyl groups is 1. The number of anilines is 2. The molecule has 0 saturated carbocycles. The molecule has 1 unspecified atom stereocenters. The zero-order valence-corrected chi connectivity index (χ0v) is 14.0. The summed E-state index contributed by atoms with van der Waals surface area (Å²) in [6.45, 7) is 1.61. The van der Waals surface area contributed by atoms with Crippen molar-refractivity contribution >= 4 is 27.3 Å². The van der Waals surface area contributed by atoms with Crippen LogP contribution in [0.25, 0.3) is 0 Å². The van der Waals surface area contributed by atoms with Gasteiger partial charge in [-0.05, 0) is 36.8 Å². The Kier molecular flexibility index (Phi) is 4.29. The third-order valence-electron chi connectivity index (χ3n) is 3.93. The van der Waals surface area contributed by atoms with Gasteiger partial charge in [-0.3, -0.25) is 9.10 Å². The SMILES string of the molecule is CC(=O)Nc1ccc(S(=O)(=O)N2CCC(O)c3ccccc32)cc1. The molecule has 2 aromatic rings. The van der Waals surface area contributed by atoms with Gasteiger partial charge in [0.15, 0.2) is 0 Å². The first-order chi connectivity index (χ1) is 11.4. The number of fused-ring (bicyclic) bond motifs is 1. The standard InChI is InChI=1S/C17H18N2O4S/c1-12(20)18-13-6-8-14(9-7-13)24(22,23)19-11-10-17(21)15-4-2-3-5-16(15)19/h2-9,17,21H,10-11H2,1H3,(H,18,20). The zero-order valence-electron chi connectivity index (χ0n) is 13.1. The van der Waals surface area contributed by atoms with Crippen molar-refractivity contribution in [2.45, 2.75) is 24.3 Å². The molecule has 6 nitrogen and oxygen atoms in total. The second kappa shape index (κ2) is 6.26. The molecule has 2 N–H and O–H groups in total. The number of carbonyl (C=O) groups excluding carboxylic acids is 1. The summed E-state index contributed by atoms with van der Waals surface area (Å²) >= 11 is 0. The number of carbonyl (C=O) groups is 1. The van der Waals surface area contributed by atoms with Crippen LogP contribution in [0.5, 0.6) is 0 Å². The number of amides is 1. The zero-order chi connectivity index (χ0) is 17.3. The molecule has 0 aromatic heterocycles. The Hall–Kier alpha value is -2.38. The highest BCUT2D eigenvalue weighted by molar-refractivity contribution is 7.92. The number of hydrogen-bond donors (Lipinski definition) is 2. The van der Waals surface area contributed by atoms with E-state index in [4.69, 9.17) is 0 Å². The average molecular weight is 346 g/mol. The predicted octanol–water partition coefficient (Wildman–Crippen LogP) is 2.28. The molecule has 1 heterocycles. The van der Waals surface area contributed by atoms with Crippen molar-refractivity contribution < 1.29 is 18.3 Å². The molecule has 0 spiro atoms. The van der Waals surface area contributed by atoms with Crippen LogP contribution in [0.15, 0.2) is 53.4 Å². The predicted molar refractivity (Wildman–Crippen MR) is 91.3 cm³/mol. The lowest BCUT2D eigenvalue weighted by Gasteiger charge is -2.32. The van der Waals surface area contributed by atoms with Crippen LogP contribution in [0.2, 0.25) is 0 Å². The third-order valence-corrected chi connectivity index (χ3v) is 5.76. The minimum absolute atomic E-state index is 0.141. The van der Waals surface area contributed by atoms with Gasteiger partial charge >= 0.3 is 0 Å². The molecule has 0 fully saturated rings. The number of benzene rings is 2. The van der Waals surface area contributed by atoms with Gasteiger partial charge in [0.1, 0.15) is 0 Å². The number of para-hydroxylation sites is 1. The van der Waals surface area contributed by atoms with Crippen LogP contribution in [0.1, 0.15) is 25.0 Å². The molecule has 3 rings (SSSR count). The molecular formula is C17H18N2O4S. The summed E-state index contributed by atoms with van der Waals surface area (Å²) in [7, 11) is -3.73. The fraction of sp³-hybridized carbons (Fsp3) is 0.235. The van der Waals surface area contributed by atoms with Crippen LogP contribution >= 0.6 is 0 Å². The van der Waals surface area contributed by atoms with E-state index in [9.17, 15) is 18.3 Å². The van der Waals surface area contributed by atoms with Crippen LogP contribution in [-0.4, -0.2) is 26.0 Å². The first kappa shape index (κ1) is 16.5. The van der Waals surface area contributed by atoms with Crippen LogP contribution in [0, 0.1) is 0 Å². The van der Waals surface area contributed by atoms with Crippen molar-refractivity contribution in [1.82, 2.24) is 0 Å². The van der Waals surface area contributed by atoms with Crippen molar-refractivity contribution in [2.75, 3.05) is 16.2 Å². The Morgan fingerprint density at radius 2 is 1.83 bits per heavy atom. The highest BCUT2D eigenvalue weighted by Crippen LogP contribution is 2.36. The molecule has 1 aliphatic rings. The number of rotatable bonds is 3. The molecule has 7 heteroatoms. The van der Waals surface area contributed by atoms with Crippen molar-refractivity contribution in [3.8, 4) is 0 Å². The first-order valence-corrected chi connectivity index (χ1v) is 9.01. The highest BCUT2D eigenvalue weighted by Gasteiger charge is 2.32. The third kappa shape index (κ3) is 3.00. The van der Waals surface area contributed by atoms with Crippen LogP contribution in [0.4, 0.5) is 11.4 Å². The van der Waals surface area contributed by atoms with Gasteiger partial charge in [-0.1, -0.05) is 18.2 Å². The smallest absolute Gasteiger partial charge is 0.264 e. The number of aliphatic hydroxyl groups excluding tert-OH is 1. The quantitative estimate of drug-likeness (QED) is 0.893. The van der Waals surface area contributed by atoms with E-state index in [1.807, 2.05) is 0 Å². The second-order valence-corrected chi connectivity index (χ2v) is 7.51. The summed E-state index contributed by atoms with van der Waals surface area (Å²) in [4.78, 5) is 11.2. The van der Waals surface area contributed by atoms with E-state index in [1.165, 1.54) is 23.4 Å². The molecule has 2 aromatic carbocycles. The molecule has 0 saturated heterocycles. The van der Waals surface area contributed by atoms with E-state index in [-0.39, 0.29) is 17.3 Å². The van der Waals surface area contributed by atoms with Gasteiger partial charge in [-0.25, -0.2) is 8.42 Å². The molecule has 1 amide bonds. The number of nitrogens with zero attached hydrogens (tertiary/aromatic N) is 1. The van der Waals surface area contributed by atoms with Crippen LogP contribution < -0.4 is 9.62 Å². The Bertz CT molecular complexity index is 862. The molecule has 1 atom stereocenters. The van der Waals surface area contributed by atoms with Gasteiger partial charge in [-0.2, -0.15) is 0 Å². The monoisotopic (exact) mass is 346 g/mol. The molecule has 0 bridgehead atoms. The van der Waals surface area contributed by atoms with Crippen LogP contribution in [0.3, 0.4) is 0 Å². The Labute approximate surface area is 140 Å². The van der Waals surface area contributed by atoms with E-state index in [0.29, 0.717) is 23.4 Å². The molecule has 0 aliphatic carbocycles. The van der Waals surface area contributed by atoms with E-state index in [0.717, 1.165) is 0 Å². The first-order valence-electron chi connectivity index (χ1n) is 7.57. The maximum Gasteiger partial charge on any atom is 0.264 e. The van der Waals surface area contributed by atoms with Crippen molar-refractivity contribution in [2.24, 2.45) is 0 Å². The summed E-state index contributed by atoms with van der Waals surface area (Å²) in [5.74, 6) is -0.218. The minimum Gasteiger partial charge on any atom is -0.388 e. The second-order valence-electron chi connectivity index (χ2n) is 5.65. The summed E-state index contributed by atoms with van der Waals surface area (Å²) in [6.07, 6.45) is -0.310. The van der Waals surface area contributed by atoms with Gasteiger partial charge in [0.05, 0.1) is 16.7 Å². The lowest BCUT2D eigenvalue weighted by atomic mass is 10.0. The fourth-order valence-electron chi connectivity index (χ4n) is 2.80. The maximum absolute atomic E-state index is 12.9. The lowest BCUT2D eigenvalue weighted by molar-refractivity contribution is -0.114. The maximum atomic E-state index is 12.9. The van der Waals surface area contributed by atoms with Crippen LogP contribution in [-0.2, 0) is 14.8 Å². The summed E-state index contributed by atoms with van der Waals surface area (Å²) in [5.41, 5.74) is 1.65. The molecule has 126 valence electrons. The Morgan fingerprint density at radius 1 is 1.17 bits per heavy atom. The fourth-order valence-corrected chi connectivity index (χ4v) is 4.31. The normalized spacial score (nSPS) is 17.2. The van der Waals surface area contributed by atoms with Gasteiger partial charge < -0.3 is 10.4 Å². The van der Waals surface area contributed by atoms with Gasteiger partial charge in [0, 0.05) is 24.7 Å². The summed E-state index contributed by atoms with van der Waals surface area (Å²) in [5, 5.41) is 12.7. The lowest BCUT2D eigenvalue weighted by Crippen LogP contribution is -2.36. The van der Waals surface area contributed by atoms with Crippen molar-refractivity contribution in [3.63, 3.8) is 0 Å². The number of nitrogens with one attached hydrogen (secondary N) is 1. The van der Waals surface area contributed by atoms with E-state index < -0.39 is 16.1 Å². The van der Waals surface area contributed by atoms with Crippen molar-refractivity contribution in [1.29, 1.82) is 0 Å². The number of sulfonamides is 1. The minimum atomic E-state index is -3.73. The van der Waals surface area contributed by atoms with Gasteiger partial charge in [0.25, 0.3) is 10.0 Å². The van der Waals surface area contributed by atoms with E-state index in [1.54, 1.807) is 36.4 Å². The molecular weight excluding hydrogens is 328 g/mol. The van der Waals surface area contributed by atoms with Gasteiger partial charge in [0.2, 0.25) is 5.91 Å². The Balaban J connectivity index is 1.97. The van der Waals surface area contributed by atoms with Gasteiger partial charge in [-0.15, -0.1) is 0 Å². The molecule has 0 radical (unpaired) electrons. The molecule has 24 heavy (non-hydrogen) atoms. The number of hydrogen-bond acceptors (Lipinski definition) is 4. The summed E-state index contributed by atoms with van der Waals surface area (Å²) < 4.78 is 27.2.